The molecule has 2 heterocycles. The van der Waals surface area contributed by atoms with E-state index in [2.05, 4.69) is 16.9 Å². The molecule has 5 rings (SSSR count). The van der Waals surface area contributed by atoms with Crippen LogP contribution in [0.2, 0.25) is 5.02 Å². The van der Waals surface area contributed by atoms with Crippen molar-refractivity contribution in [3.63, 3.8) is 0 Å². The van der Waals surface area contributed by atoms with Crippen molar-refractivity contribution in [2.24, 2.45) is 0 Å². The third-order valence-electron chi connectivity index (χ3n) is 7.50. The second-order valence-corrected chi connectivity index (χ2v) is 12.6. The fourth-order valence-corrected chi connectivity index (χ4v) is 7.10. The van der Waals surface area contributed by atoms with Crippen LogP contribution in [-0.2, 0) is 10.2 Å². The van der Waals surface area contributed by atoms with Crippen LogP contribution in [0.15, 0.2) is 78.9 Å². The molecule has 2 N–H and O–H groups in total. The van der Waals surface area contributed by atoms with E-state index in [1.54, 1.807) is 23.9 Å². The Bertz CT molecular complexity index is 1540. The molecular formula is C33H32ClFN2O3S2. The minimum atomic E-state index is -0.795. The van der Waals surface area contributed by atoms with Crippen LogP contribution in [0.3, 0.4) is 0 Å². The van der Waals surface area contributed by atoms with Gasteiger partial charge in [0.25, 0.3) is 5.91 Å². The molecule has 5 nitrogen and oxygen atoms in total. The normalized spacial score (nSPS) is 14.4. The summed E-state index contributed by atoms with van der Waals surface area (Å²) in [6.07, 6.45) is 4.21. The molecule has 9 heteroatoms. The van der Waals surface area contributed by atoms with E-state index in [0.717, 1.165) is 34.6 Å². The molecule has 3 aromatic carbocycles. The van der Waals surface area contributed by atoms with Crippen LogP contribution in [0.4, 0.5) is 4.39 Å². The van der Waals surface area contributed by atoms with Gasteiger partial charge in [0.2, 0.25) is 5.91 Å². The van der Waals surface area contributed by atoms with Gasteiger partial charge in [-0.3, -0.25) is 14.9 Å². The molecule has 0 bridgehead atoms. The summed E-state index contributed by atoms with van der Waals surface area (Å²) in [5.41, 5.74) is 2.33. The van der Waals surface area contributed by atoms with Crippen molar-refractivity contribution in [2.45, 2.75) is 24.7 Å². The monoisotopic (exact) mass is 622 g/mol. The third-order valence-corrected chi connectivity index (χ3v) is 9.68. The minimum absolute atomic E-state index is 0.243. The van der Waals surface area contributed by atoms with Crippen LogP contribution in [0.5, 0.6) is 5.75 Å². The van der Waals surface area contributed by atoms with E-state index >= 15 is 0 Å². The fourth-order valence-electron chi connectivity index (χ4n) is 5.26. The number of amides is 2. The van der Waals surface area contributed by atoms with Crippen molar-refractivity contribution in [3.05, 3.63) is 100 Å². The number of ether oxygens (including phenoxy) is 1. The van der Waals surface area contributed by atoms with E-state index in [4.69, 9.17) is 16.3 Å². The number of imide groups is 1. The maximum Gasteiger partial charge on any atom is 0.267 e. The van der Waals surface area contributed by atoms with Gasteiger partial charge in [0, 0.05) is 16.0 Å². The molecule has 1 aromatic heterocycles. The molecule has 0 atom stereocenters. The molecule has 1 fully saturated rings. The van der Waals surface area contributed by atoms with Gasteiger partial charge >= 0.3 is 0 Å². The standard InChI is InChI=1S/C33H32ClFN2O3S2/c1-41-19-5-18-40-25-11-8-22(9-12-25)27-21-29(42-30(27)26-13-10-24(35)20-28(26)34)31(38)37-32(39)33(14-16-36-17-15-33)23-6-3-2-4-7-23/h2-4,6-13,20-21,36H,5,14-19H2,1H3,(H,37,38,39). The number of benzene rings is 3. The van der Waals surface area contributed by atoms with Gasteiger partial charge in [0.15, 0.2) is 0 Å². The number of hydrogen-bond donors (Lipinski definition) is 2. The molecule has 218 valence electrons. The molecule has 0 radical (unpaired) electrons. The Hall–Kier alpha value is -3.17. The summed E-state index contributed by atoms with van der Waals surface area (Å²) in [7, 11) is 0. The fraction of sp³-hybridized carbons (Fsp3) is 0.273. The number of thiophene rings is 1. The summed E-state index contributed by atoms with van der Waals surface area (Å²) >= 11 is 9.49. The first kappa shape index (κ1) is 30.3. The predicted molar refractivity (Wildman–Crippen MR) is 171 cm³/mol. The van der Waals surface area contributed by atoms with E-state index in [9.17, 15) is 14.0 Å². The Morgan fingerprint density at radius 2 is 1.76 bits per heavy atom. The lowest BCUT2D eigenvalue weighted by atomic mass is 9.72. The van der Waals surface area contributed by atoms with Gasteiger partial charge < -0.3 is 10.1 Å². The van der Waals surface area contributed by atoms with Crippen molar-refractivity contribution in [3.8, 4) is 27.3 Å². The number of carbonyl (C=O) groups excluding carboxylic acids is 2. The highest BCUT2D eigenvalue weighted by molar-refractivity contribution is 7.98. The highest BCUT2D eigenvalue weighted by atomic mass is 35.5. The summed E-state index contributed by atoms with van der Waals surface area (Å²) in [6, 6.07) is 23.3. The molecule has 1 aliphatic heterocycles. The van der Waals surface area contributed by atoms with Crippen LogP contribution >= 0.6 is 34.7 Å². The molecule has 42 heavy (non-hydrogen) atoms. The Morgan fingerprint density at radius 3 is 2.45 bits per heavy atom. The predicted octanol–water partition coefficient (Wildman–Crippen LogP) is 7.58. The summed E-state index contributed by atoms with van der Waals surface area (Å²) < 4.78 is 19.8. The second-order valence-electron chi connectivity index (χ2n) is 10.2. The van der Waals surface area contributed by atoms with E-state index < -0.39 is 17.1 Å². The topological polar surface area (TPSA) is 67.4 Å². The Kier molecular flexibility index (Phi) is 10.0. The van der Waals surface area contributed by atoms with Gasteiger partial charge in [0.1, 0.15) is 11.6 Å². The van der Waals surface area contributed by atoms with Crippen LogP contribution in [0.1, 0.15) is 34.5 Å². The van der Waals surface area contributed by atoms with Gasteiger partial charge in [-0.2, -0.15) is 11.8 Å². The second kappa shape index (κ2) is 13.9. The lowest BCUT2D eigenvalue weighted by Crippen LogP contribution is -2.52. The number of hydrogen-bond acceptors (Lipinski definition) is 6. The number of thioether (sulfide) groups is 1. The Morgan fingerprint density at radius 1 is 1.02 bits per heavy atom. The molecule has 1 saturated heterocycles. The quantitative estimate of drug-likeness (QED) is 0.141. The van der Waals surface area contributed by atoms with Gasteiger partial charge in [-0.1, -0.05) is 54.1 Å². The highest BCUT2D eigenvalue weighted by Crippen LogP contribution is 2.43. The van der Waals surface area contributed by atoms with Crippen molar-refractivity contribution >= 4 is 46.5 Å². The SMILES string of the molecule is CSCCCOc1ccc(-c2cc(C(=O)NC(=O)C3(c4ccccc4)CCNCC3)sc2-c2ccc(F)cc2Cl)cc1. The molecule has 0 aliphatic carbocycles. The molecule has 0 spiro atoms. The van der Waals surface area contributed by atoms with Crippen molar-refractivity contribution in [1.29, 1.82) is 0 Å². The van der Waals surface area contributed by atoms with E-state index in [1.165, 1.54) is 23.5 Å². The first-order chi connectivity index (χ1) is 20.4. The average molecular weight is 623 g/mol. The first-order valence-electron chi connectivity index (χ1n) is 13.8. The van der Waals surface area contributed by atoms with Gasteiger partial charge in [0.05, 0.1) is 21.9 Å². The third kappa shape index (κ3) is 6.73. The van der Waals surface area contributed by atoms with E-state index in [1.807, 2.05) is 54.6 Å². The average Bonchev–Trinajstić information content (AvgIpc) is 3.46. The zero-order valence-corrected chi connectivity index (χ0v) is 25.6. The van der Waals surface area contributed by atoms with E-state index in [0.29, 0.717) is 47.9 Å². The molecule has 1 aliphatic rings. The molecule has 0 unspecified atom stereocenters. The largest absolute Gasteiger partial charge is 0.494 e. The lowest BCUT2D eigenvalue weighted by Gasteiger charge is -2.36. The Balaban J connectivity index is 1.45. The Labute approximate surface area is 258 Å². The number of rotatable bonds is 10. The first-order valence-corrected chi connectivity index (χ1v) is 16.4. The van der Waals surface area contributed by atoms with Gasteiger partial charge in [-0.15, -0.1) is 11.3 Å². The van der Waals surface area contributed by atoms with Crippen LogP contribution in [0, 0.1) is 5.82 Å². The molecule has 0 saturated carbocycles. The maximum atomic E-state index is 13.9. The number of nitrogens with one attached hydrogen (secondary N) is 2. The summed E-state index contributed by atoms with van der Waals surface area (Å²) in [6.45, 7) is 2.00. The van der Waals surface area contributed by atoms with Crippen LogP contribution in [-0.4, -0.2) is 43.5 Å². The molecule has 4 aromatic rings. The smallest absolute Gasteiger partial charge is 0.267 e. The minimum Gasteiger partial charge on any atom is -0.494 e. The van der Waals surface area contributed by atoms with E-state index in [-0.39, 0.29) is 10.9 Å². The zero-order chi connectivity index (χ0) is 29.5. The summed E-state index contributed by atoms with van der Waals surface area (Å²) in [5, 5.41) is 6.26. The van der Waals surface area contributed by atoms with Crippen molar-refractivity contribution < 1.29 is 18.7 Å². The number of piperidine rings is 1. The van der Waals surface area contributed by atoms with Crippen molar-refractivity contribution in [1.82, 2.24) is 10.6 Å². The highest BCUT2D eigenvalue weighted by Gasteiger charge is 2.42. The van der Waals surface area contributed by atoms with Crippen LogP contribution in [0.25, 0.3) is 21.6 Å². The molecule has 2 amide bonds. The number of carbonyl (C=O) groups is 2. The van der Waals surface area contributed by atoms with Crippen molar-refractivity contribution in [2.75, 3.05) is 31.7 Å². The van der Waals surface area contributed by atoms with Crippen LogP contribution < -0.4 is 15.4 Å². The summed E-state index contributed by atoms with van der Waals surface area (Å²) in [4.78, 5) is 28.4. The van der Waals surface area contributed by atoms with Gasteiger partial charge in [-0.05, 0) is 91.9 Å². The summed E-state index contributed by atoms with van der Waals surface area (Å²) in [5.74, 6) is 0.568. The van der Waals surface area contributed by atoms with Gasteiger partial charge in [-0.25, -0.2) is 4.39 Å². The molecular weight excluding hydrogens is 591 g/mol. The maximum absolute atomic E-state index is 13.9. The lowest BCUT2D eigenvalue weighted by molar-refractivity contribution is -0.126. The zero-order valence-electron chi connectivity index (χ0n) is 23.3. The number of halogens is 2.